The molecule has 0 radical (unpaired) electrons. The van der Waals surface area contributed by atoms with Gasteiger partial charge in [0.1, 0.15) is 17.9 Å². The first-order valence-corrected chi connectivity index (χ1v) is 11.0. The summed E-state index contributed by atoms with van der Waals surface area (Å²) in [5.41, 5.74) is 7.90. The van der Waals surface area contributed by atoms with Crippen molar-refractivity contribution in [3.63, 3.8) is 0 Å². The zero-order valence-electron chi connectivity index (χ0n) is 19.2. The number of halogens is 1. The van der Waals surface area contributed by atoms with Crippen LogP contribution in [-0.2, 0) is 27.2 Å². The second-order valence-electron chi connectivity index (χ2n) is 8.14. The predicted octanol–water partition coefficient (Wildman–Crippen LogP) is 2.32. The minimum Gasteiger partial charge on any atom is -0.368 e. The quantitative estimate of drug-likeness (QED) is 0.390. The molecule has 0 aliphatic heterocycles. The fourth-order valence-corrected chi connectivity index (χ4v) is 3.59. The molecule has 35 heavy (non-hydrogen) atoms. The normalized spacial score (nSPS) is 12.3. The number of nitrogens with two attached hydrogens (primary N) is 1. The van der Waals surface area contributed by atoms with Crippen LogP contribution >= 0.6 is 0 Å². The first kappa shape index (κ1) is 25.3. The van der Waals surface area contributed by atoms with E-state index in [2.05, 4.69) is 10.6 Å². The summed E-state index contributed by atoms with van der Waals surface area (Å²) in [6, 6.07) is 19.1. The molecule has 0 unspecified atom stereocenters. The molecule has 0 aliphatic carbocycles. The molecular weight excluding hydrogens is 449 g/mol. The maximum absolute atomic E-state index is 13.2. The molecule has 0 bridgehead atoms. The van der Waals surface area contributed by atoms with Crippen molar-refractivity contribution in [3.8, 4) is 0 Å². The zero-order valence-corrected chi connectivity index (χ0v) is 19.2. The maximum Gasteiger partial charge on any atom is 0.243 e. The standard InChI is InChI=1S/C27H26FN3O4/c1-17(32)30-24(16-19-9-13-22(28)14-10-19)27(35)31-23(26(29)34)15-18-7-11-21(12-8-18)25(33)20-5-3-2-4-6-20/h2-14,23-24H,15-16H2,1H3,(H2,29,34)(H,30,32)(H,31,35)/t23-,24-/m0/s1. The van der Waals surface area contributed by atoms with Crippen LogP contribution in [-0.4, -0.2) is 35.6 Å². The second kappa shape index (κ2) is 11.7. The van der Waals surface area contributed by atoms with Crippen molar-refractivity contribution in [2.75, 3.05) is 0 Å². The molecule has 3 aromatic rings. The number of carbonyl (C=O) groups excluding carboxylic acids is 4. The lowest BCUT2D eigenvalue weighted by Gasteiger charge is -2.22. The van der Waals surface area contributed by atoms with E-state index >= 15 is 0 Å². The number of amides is 3. The number of nitrogens with one attached hydrogen (secondary N) is 2. The molecule has 3 rings (SSSR count). The number of hydrogen-bond donors (Lipinski definition) is 3. The lowest BCUT2D eigenvalue weighted by atomic mass is 9.99. The van der Waals surface area contributed by atoms with Crippen molar-refractivity contribution >= 4 is 23.5 Å². The van der Waals surface area contributed by atoms with E-state index in [4.69, 9.17) is 5.73 Å². The van der Waals surface area contributed by atoms with Gasteiger partial charge in [0.25, 0.3) is 0 Å². The molecule has 3 aromatic carbocycles. The average Bonchev–Trinajstić information content (AvgIpc) is 2.84. The molecule has 0 heterocycles. The van der Waals surface area contributed by atoms with E-state index in [1.165, 1.54) is 31.2 Å². The predicted molar refractivity (Wildman–Crippen MR) is 129 cm³/mol. The Morgan fingerprint density at radius 2 is 1.26 bits per heavy atom. The van der Waals surface area contributed by atoms with Crippen LogP contribution in [0.1, 0.15) is 34.0 Å². The Hall–Kier alpha value is -4.33. The summed E-state index contributed by atoms with van der Waals surface area (Å²) in [6.07, 6.45) is 0.206. The Labute approximate surface area is 202 Å². The largest absolute Gasteiger partial charge is 0.368 e. The summed E-state index contributed by atoms with van der Waals surface area (Å²) in [7, 11) is 0. The second-order valence-corrected chi connectivity index (χ2v) is 8.14. The van der Waals surface area contributed by atoms with Crippen LogP contribution in [0, 0.1) is 5.82 Å². The zero-order chi connectivity index (χ0) is 25.4. The summed E-state index contributed by atoms with van der Waals surface area (Å²) in [5.74, 6) is -2.31. The van der Waals surface area contributed by atoms with Crippen LogP contribution < -0.4 is 16.4 Å². The minimum atomic E-state index is -1.04. The van der Waals surface area contributed by atoms with Crippen molar-refractivity contribution in [3.05, 3.63) is 107 Å². The van der Waals surface area contributed by atoms with Gasteiger partial charge in [-0.25, -0.2) is 4.39 Å². The minimum absolute atomic E-state index is 0.101. The van der Waals surface area contributed by atoms with Crippen LogP contribution in [0.3, 0.4) is 0 Å². The molecular formula is C27H26FN3O4. The SMILES string of the molecule is CC(=O)N[C@@H](Cc1ccc(F)cc1)C(=O)N[C@@H](Cc1ccc(C(=O)c2ccccc2)cc1)C(N)=O. The maximum atomic E-state index is 13.2. The van der Waals surface area contributed by atoms with Crippen LogP contribution in [0.15, 0.2) is 78.9 Å². The highest BCUT2D eigenvalue weighted by Crippen LogP contribution is 2.13. The van der Waals surface area contributed by atoms with Crippen LogP contribution in [0.25, 0.3) is 0 Å². The van der Waals surface area contributed by atoms with Gasteiger partial charge < -0.3 is 16.4 Å². The fourth-order valence-electron chi connectivity index (χ4n) is 3.59. The van der Waals surface area contributed by atoms with E-state index in [-0.39, 0.29) is 18.6 Å². The van der Waals surface area contributed by atoms with E-state index < -0.39 is 35.6 Å². The highest BCUT2D eigenvalue weighted by molar-refractivity contribution is 6.08. The smallest absolute Gasteiger partial charge is 0.243 e. The van der Waals surface area contributed by atoms with Gasteiger partial charge in [-0.1, -0.05) is 66.7 Å². The van der Waals surface area contributed by atoms with E-state index in [1.807, 2.05) is 6.07 Å². The molecule has 4 N–H and O–H groups in total. The topological polar surface area (TPSA) is 118 Å². The number of rotatable bonds is 10. The number of benzene rings is 3. The van der Waals surface area contributed by atoms with Gasteiger partial charge in [-0.15, -0.1) is 0 Å². The van der Waals surface area contributed by atoms with Crippen LogP contribution in [0.5, 0.6) is 0 Å². The first-order valence-electron chi connectivity index (χ1n) is 11.0. The van der Waals surface area contributed by atoms with Gasteiger partial charge in [-0.2, -0.15) is 0 Å². The molecule has 2 atom stereocenters. The van der Waals surface area contributed by atoms with Gasteiger partial charge in [0, 0.05) is 30.9 Å². The van der Waals surface area contributed by atoms with E-state index in [0.29, 0.717) is 22.3 Å². The third-order valence-electron chi connectivity index (χ3n) is 5.40. The lowest BCUT2D eigenvalue weighted by molar-refractivity contribution is -0.130. The highest BCUT2D eigenvalue weighted by Gasteiger charge is 2.25. The molecule has 0 aliphatic rings. The fraction of sp³-hybridized carbons (Fsp3) is 0.185. The van der Waals surface area contributed by atoms with Gasteiger partial charge >= 0.3 is 0 Å². The van der Waals surface area contributed by atoms with E-state index in [1.54, 1.807) is 48.5 Å². The van der Waals surface area contributed by atoms with Gasteiger partial charge in [-0.05, 0) is 23.3 Å². The van der Waals surface area contributed by atoms with Crippen molar-refractivity contribution < 1.29 is 23.6 Å². The van der Waals surface area contributed by atoms with Crippen molar-refractivity contribution in [2.24, 2.45) is 5.73 Å². The molecule has 0 spiro atoms. The summed E-state index contributed by atoms with van der Waals surface area (Å²) in [5, 5.41) is 5.15. The monoisotopic (exact) mass is 475 g/mol. The molecule has 3 amide bonds. The number of carbonyl (C=O) groups is 4. The summed E-state index contributed by atoms with van der Waals surface area (Å²) >= 11 is 0. The van der Waals surface area contributed by atoms with Crippen LogP contribution in [0.4, 0.5) is 4.39 Å². The molecule has 0 fully saturated rings. The van der Waals surface area contributed by atoms with Gasteiger partial charge in [0.15, 0.2) is 5.78 Å². The van der Waals surface area contributed by atoms with Crippen molar-refractivity contribution in [1.29, 1.82) is 0 Å². The van der Waals surface area contributed by atoms with Gasteiger partial charge in [0.2, 0.25) is 17.7 Å². The molecule has 7 nitrogen and oxygen atoms in total. The van der Waals surface area contributed by atoms with Crippen molar-refractivity contribution in [2.45, 2.75) is 31.8 Å². The number of hydrogen-bond acceptors (Lipinski definition) is 4. The Morgan fingerprint density at radius 3 is 1.80 bits per heavy atom. The molecule has 0 saturated heterocycles. The number of primary amides is 1. The van der Waals surface area contributed by atoms with E-state index in [9.17, 15) is 23.6 Å². The molecule has 0 saturated carbocycles. The molecule has 8 heteroatoms. The van der Waals surface area contributed by atoms with Gasteiger partial charge in [0.05, 0.1) is 0 Å². The number of ketones is 1. The highest BCUT2D eigenvalue weighted by atomic mass is 19.1. The summed E-state index contributed by atoms with van der Waals surface area (Å²) in [6.45, 7) is 1.27. The van der Waals surface area contributed by atoms with E-state index in [0.717, 1.165) is 0 Å². The third kappa shape index (κ3) is 7.33. The Morgan fingerprint density at radius 1 is 0.743 bits per heavy atom. The lowest BCUT2D eigenvalue weighted by Crippen LogP contribution is -2.54. The Kier molecular flexibility index (Phi) is 8.45. The Bertz CT molecular complexity index is 1200. The summed E-state index contributed by atoms with van der Waals surface area (Å²) in [4.78, 5) is 49.2. The molecule has 0 aromatic heterocycles. The average molecular weight is 476 g/mol. The van der Waals surface area contributed by atoms with Crippen LogP contribution in [0.2, 0.25) is 0 Å². The summed E-state index contributed by atoms with van der Waals surface area (Å²) < 4.78 is 13.2. The van der Waals surface area contributed by atoms with Crippen molar-refractivity contribution in [1.82, 2.24) is 10.6 Å². The molecule has 180 valence electrons. The van der Waals surface area contributed by atoms with Gasteiger partial charge in [-0.3, -0.25) is 19.2 Å². The Balaban J connectivity index is 1.69. The first-order chi connectivity index (χ1) is 16.7. The third-order valence-corrected chi connectivity index (χ3v) is 5.40.